The maximum absolute atomic E-state index is 12.9. The molecule has 0 aliphatic carbocycles. The molecule has 162 valence electrons. The second-order valence-electron chi connectivity index (χ2n) is 7.20. The number of carbonyl (C=O) groups excluding carboxylic acids is 3. The number of halogens is 2. The Balaban J connectivity index is 1.53. The maximum Gasteiger partial charge on any atom is 0.417 e. The van der Waals surface area contributed by atoms with Crippen molar-refractivity contribution in [2.75, 3.05) is 13.2 Å². The number of benzene rings is 3. The molecule has 0 bridgehead atoms. The molecule has 0 saturated carbocycles. The summed E-state index contributed by atoms with van der Waals surface area (Å²) in [7, 11) is 0. The highest BCUT2D eigenvalue weighted by molar-refractivity contribution is 6.42. The quantitative estimate of drug-likeness (QED) is 0.545. The Morgan fingerprint density at radius 1 is 0.938 bits per heavy atom. The van der Waals surface area contributed by atoms with Gasteiger partial charge in [-0.1, -0.05) is 71.7 Å². The van der Waals surface area contributed by atoms with Crippen LogP contribution in [0.2, 0.25) is 10.0 Å². The third-order valence-electron chi connectivity index (χ3n) is 5.11. The van der Waals surface area contributed by atoms with E-state index in [1.54, 1.807) is 24.3 Å². The zero-order valence-corrected chi connectivity index (χ0v) is 18.3. The molecule has 6 nitrogen and oxygen atoms in total. The maximum atomic E-state index is 12.9. The largest absolute Gasteiger partial charge is 0.439 e. The van der Waals surface area contributed by atoms with Crippen molar-refractivity contribution in [2.24, 2.45) is 0 Å². The van der Waals surface area contributed by atoms with Crippen molar-refractivity contribution >= 4 is 41.1 Å². The van der Waals surface area contributed by atoms with E-state index in [-0.39, 0.29) is 19.1 Å². The average molecular weight is 469 g/mol. The lowest BCUT2D eigenvalue weighted by Crippen LogP contribution is -2.40. The summed E-state index contributed by atoms with van der Waals surface area (Å²) in [5, 5.41) is 3.84. The molecule has 3 aromatic rings. The Morgan fingerprint density at radius 3 is 2.25 bits per heavy atom. The van der Waals surface area contributed by atoms with Crippen molar-refractivity contribution in [3.63, 3.8) is 0 Å². The number of amides is 3. The summed E-state index contributed by atoms with van der Waals surface area (Å²) in [4.78, 5) is 37.8. The van der Waals surface area contributed by atoms with E-state index in [1.165, 1.54) is 0 Å². The molecule has 3 aromatic carbocycles. The number of nitrogens with one attached hydrogen (secondary N) is 1. The SMILES string of the molecule is O=C(NC(CN1C(=O)COC1=O)c1ccccc1)c1ccc(-c2ccc(Cl)c(Cl)c2)cc1. The van der Waals surface area contributed by atoms with Crippen LogP contribution in [0.4, 0.5) is 4.79 Å². The van der Waals surface area contributed by atoms with E-state index < -0.39 is 18.0 Å². The van der Waals surface area contributed by atoms with Crippen molar-refractivity contribution in [1.82, 2.24) is 10.2 Å². The summed E-state index contributed by atoms with van der Waals surface area (Å²) < 4.78 is 4.78. The van der Waals surface area contributed by atoms with E-state index in [4.69, 9.17) is 27.9 Å². The fourth-order valence-corrected chi connectivity index (χ4v) is 3.69. The van der Waals surface area contributed by atoms with Gasteiger partial charge >= 0.3 is 6.09 Å². The third-order valence-corrected chi connectivity index (χ3v) is 5.85. The van der Waals surface area contributed by atoms with Gasteiger partial charge in [0.15, 0.2) is 6.61 Å². The number of ether oxygens (including phenoxy) is 1. The Kier molecular flexibility index (Phi) is 6.44. The van der Waals surface area contributed by atoms with Crippen LogP contribution in [0.25, 0.3) is 11.1 Å². The number of hydrogen-bond acceptors (Lipinski definition) is 4. The van der Waals surface area contributed by atoms with Crippen LogP contribution in [-0.2, 0) is 9.53 Å². The van der Waals surface area contributed by atoms with Crippen molar-refractivity contribution in [2.45, 2.75) is 6.04 Å². The number of imide groups is 1. The molecule has 3 amide bonds. The normalized spacial score (nSPS) is 14.2. The minimum Gasteiger partial charge on any atom is -0.439 e. The van der Waals surface area contributed by atoms with Gasteiger partial charge in [0.1, 0.15) is 0 Å². The van der Waals surface area contributed by atoms with Crippen LogP contribution in [-0.4, -0.2) is 36.0 Å². The van der Waals surface area contributed by atoms with Gasteiger partial charge in [0.05, 0.1) is 22.6 Å². The van der Waals surface area contributed by atoms with Crippen LogP contribution in [0.5, 0.6) is 0 Å². The molecule has 0 aromatic heterocycles. The third kappa shape index (κ3) is 4.77. The highest BCUT2D eigenvalue weighted by atomic mass is 35.5. The molecule has 1 saturated heterocycles. The molecule has 0 spiro atoms. The first kappa shape index (κ1) is 21.9. The predicted molar refractivity (Wildman–Crippen MR) is 122 cm³/mol. The molecule has 1 aliphatic heterocycles. The smallest absolute Gasteiger partial charge is 0.417 e. The lowest BCUT2D eigenvalue weighted by molar-refractivity contribution is -0.126. The van der Waals surface area contributed by atoms with E-state index >= 15 is 0 Å². The van der Waals surface area contributed by atoms with Gasteiger partial charge in [-0.3, -0.25) is 9.59 Å². The van der Waals surface area contributed by atoms with Crippen LogP contribution in [0.15, 0.2) is 72.8 Å². The lowest BCUT2D eigenvalue weighted by Gasteiger charge is -2.23. The fourth-order valence-electron chi connectivity index (χ4n) is 3.39. The first-order valence-electron chi connectivity index (χ1n) is 9.81. The van der Waals surface area contributed by atoms with Gasteiger partial charge in [0, 0.05) is 5.56 Å². The standard InChI is InChI=1S/C24H18Cl2N2O4/c25-19-11-10-18(12-20(19)26)15-6-8-17(9-7-15)23(30)27-21(16-4-2-1-3-5-16)13-28-22(29)14-32-24(28)31/h1-12,21H,13-14H2,(H,27,30). The summed E-state index contributed by atoms with van der Waals surface area (Å²) in [6.45, 7) is -0.306. The fraction of sp³-hybridized carbons (Fsp3) is 0.125. The molecule has 8 heteroatoms. The summed E-state index contributed by atoms with van der Waals surface area (Å²) in [5.41, 5.74) is 2.95. The van der Waals surface area contributed by atoms with Crippen LogP contribution in [0, 0.1) is 0 Å². The number of carbonyl (C=O) groups is 3. The van der Waals surface area contributed by atoms with E-state index in [0.717, 1.165) is 21.6 Å². The minimum absolute atomic E-state index is 0.0191. The summed E-state index contributed by atoms with van der Waals surface area (Å²) in [6, 6.07) is 20.9. The summed E-state index contributed by atoms with van der Waals surface area (Å²) >= 11 is 12.1. The molecule has 1 unspecified atom stereocenters. The highest BCUT2D eigenvalue weighted by Gasteiger charge is 2.33. The van der Waals surface area contributed by atoms with Crippen molar-refractivity contribution in [1.29, 1.82) is 0 Å². The second-order valence-corrected chi connectivity index (χ2v) is 8.02. The van der Waals surface area contributed by atoms with Crippen molar-refractivity contribution < 1.29 is 19.1 Å². The van der Waals surface area contributed by atoms with Gasteiger partial charge in [-0.2, -0.15) is 0 Å². The van der Waals surface area contributed by atoms with Crippen molar-refractivity contribution in [3.8, 4) is 11.1 Å². The lowest BCUT2D eigenvalue weighted by atomic mass is 10.0. The molecule has 1 atom stereocenters. The van der Waals surface area contributed by atoms with Gasteiger partial charge in [-0.05, 0) is 41.0 Å². The Hall–Kier alpha value is -3.35. The molecule has 4 rings (SSSR count). The first-order valence-corrected chi connectivity index (χ1v) is 10.6. The average Bonchev–Trinajstić information content (AvgIpc) is 3.13. The van der Waals surface area contributed by atoms with E-state index in [9.17, 15) is 14.4 Å². The predicted octanol–water partition coefficient (Wildman–Crippen LogP) is 5.11. The Bertz CT molecular complexity index is 1150. The van der Waals surface area contributed by atoms with Crippen LogP contribution in [0.3, 0.4) is 0 Å². The number of hydrogen-bond donors (Lipinski definition) is 1. The highest BCUT2D eigenvalue weighted by Crippen LogP contribution is 2.28. The van der Waals surface area contributed by atoms with Gasteiger partial charge in [-0.25, -0.2) is 9.69 Å². The van der Waals surface area contributed by atoms with Gasteiger partial charge < -0.3 is 10.1 Å². The topological polar surface area (TPSA) is 75.7 Å². The molecule has 1 aliphatic rings. The monoisotopic (exact) mass is 468 g/mol. The summed E-state index contributed by atoms with van der Waals surface area (Å²) in [5.74, 6) is -0.768. The van der Waals surface area contributed by atoms with Crippen molar-refractivity contribution in [3.05, 3.63) is 94.0 Å². The minimum atomic E-state index is -0.712. The molecule has 1 N–H and O–H groups in total. The molecule has 1 fully saturated rings. The first-order chi connectivity index (χ1) is 15.4. The van der Waals surface area contributed by atoms with E-state index in [2.05, 4.69) is 5.32 Å². The van der Waals surface area contributed by atoms with E-state index in [0.29, 0.717) is 15.6 Å². The van der Waals surface area contributed by atoms with Gasteiger partial charge in [0.2, 0.25) is 0 Å². The second kappa shape index (κ2) is 9.42. The number of cyclic esters (lactones) is 1. The number of nitrogens with zero attached hydrogens (tertiary/aromatic N) is 1. The van der Waals surface area contributed by atoms with E-state index in [1.807, 2.05) is 48.5 Å². The molecule has 1 heterocycles. The number of rotatable bonds is 6. The molecular formula is C24H18Cl2N2O4. The molecular weight excluding hydrogens is 451 g/mol. The molecule has 0 radical (unpaired) electrons. The van der Waals surface area contributed by atoms with Crippen LogP contribution in [0.1, 0.15) is 22.0 Å². The van der Waals surface area contributed by atoms with Crippen LogP contribution < -0.4 is 5.32 Å². The Labute approximate surface area is 194 Å². The van der Waals surface area contributed by atoms with Crippen LogP contribution >= 0.6 is 23.2 Å². The summed E-state index contributed by atoms with van der Waals surface area (Å²) in [6.07, 6.45) is -0.712. The molecule has 32 heavy (non-hydrogen) atoms. The zero-order chi connectivity index (χ0) is 22.7. The van der Waals surface area contributed by atoms with Gasteiger partial charge in [-0.15, -0.1) is 0 Å². The van der Waals surface area contributed by atoms with Gasteiger partial charge in [0.25, 0.3) is 11.8 Å². The zero-order valence-electron chi connectivity index (χ0n) is 16.8. The Morgan fingerprint density at radius 2 is 1.62 bits per heavy atom.